The van der Waals surface area contributed by atoms with Crippen LogP contribution in [0.5, 0.6) is 0 Å². The monoisotopic (exact) mass is 416 g/mol. The van der Waals surface area contributed by atoms with Crippen molar-refractivity contribution < 1.29 is 9.18 Å². The Morgan fingerprint density at radius 3 is 2.87 bits per heavy atom. The van der Waals surface area contributed by atoms with Crippen molar-refractivity contribution in [3.8, 4) is 11.3 Å². The molecule has 31 heavy (non-hydrogen) atoms. The molecule has 0 bridgehead atoms. The Bertz CT molecular complexity index is 1310. The van der Waals surface area contributed by atoms with E-state index in [0.29, 0.717) is 22.5 Å². The predicted molar refractivity (Wildman–Crippen MR) is 117 cm³/mol. The molecule has 1 saturated carbocycles. The highest BCUT2D eigenvalue weighted by Crippen LogP contribution is 2.47. The molecule has 0 aliphatic heterocycles. The number of anilines is 2. The molecule has 7 nitrogen and oxygen atoms in total. The molecule has 3 aromatic heterocycles. The van der Waals surface area contributed by atoms with Gasteiger partial charge in [0.1, 0.15) is 17.5 Å². The van der Waals surface area contributed by atoms with Crippen LogP contribution in [0.3, 0.4) is 0 Å². The maximum atomic E-state index is 14.4. The third-order valence-electron chi connectivity index (χ3n) is 5.75. The summed E-state index contributed by atoms with van der Waals surface area (Å²) in [6, 6.07) is 8.40. The van der Waals surface area contributed by atoms with Crippen LogP contribution in [0.25, 0.3) is 22.0 Å². The number of aromatic nitrogens is 4. The first-order chi connectivity index (χ1) is 14.9. The van der Waals surface area contributed by atoms with Gasteiger partial charge in [0, 0.05) is 36.3 Å². The fourth-order valence-electron chi connectivity index (χ4n) is 4.03. The lowest BCUT2D eigenvalue weighted by atomic mass is 10.0. The second-order valence-corrected chi connectivity index (χ2v) is 8.00. The quantitative estimate of drug-likeness (QED) is 0.527. The van der Waals surface area contributed by atoms with Crippen molar-refractivity contribution in [2.75, 3.05) is 11.1 Å². The van der Waals surface area contributed by atoms with Crippen molar-refractivity contribution >= 4 is 28.3 Å². The zero-order valence-electron chi connectivity index (χ0n) is 17.1. The summed E-state index contributed by atoms with van der Waals surface area (Å²) in [4.78, 5) is 21.4. The average molecular weight is 416 g/mol. The minimum Gasteiger partial charge on any atom is -0.383 e. The number of carbonyl (C=O) groups is 1. The third kappa shape index (κ3) is 3.50. The number of nitrogens with zero attached hydrogens (tertiary/aromatic N) is 4. The van der Waals surface area contributed by atoms with Gasteiger partial charge in [0.2, 0.25) is 5.91 Å². The maximum absolute atomic E-state index is 14.4. The summed E-state index contributed by atoms with van der Waals surface area (Å²) in [5.74, 6) is 0.345. The number of carbonyl (C=O) groups excluding carboxylic acids is 1. The first kappa shape index (κ1) is 19.2. The largest absolute Gasteiger partial charge is 0.383 e. The minimum absolute atomic E-state index is 0.0760. The molecular weight excluding hydrogens is 395 g/mol. The first-order valence-corrected chi connectivity index (χ1v) is 10.0. The van der Waals surface area contributed by atoms with Gasteiger partial charge < -0.3 is 11.1 Å². The van der Waals surface area contributed by atoms with Crippen LogP contribution in [-0.2, 0) is 11.8 Å². The maximum Gasteiger partial charge on any atom is 0.229 e. The topological polar surface area (TPSA) is 98.7 Å². The molecule has 1 aliphatic carbocycles. The number of nitrogens with one attached hydrogen (secondary N) is 1. The molecule has 0 spiro atoms. The lowest BCUT2D eigenvalue weighted by molar-refractivity contribution is -0.117. The van der Waals surface area contributed by atoms with Crippen LogP contribution < -0.4 is 11.1 Å². The number of nitrogen functional groups attached to an aromatic ring is 1. The van der Waals surface area contributed by atoms with Crippen LogP contribution in [-0.4, -0.2) is 25.7 Å². The standard InChI is InChI=1S/C23H21FN6O/c1-12-4-3-5-18(24)21(12)19-6-13-7-20(26-10-17(13)22(25)28-19)29-23(31)16-8-15(16)14-9-27-30(2)11-14/h3-7,9-11,15-16H,8H2,1-2H3,(H2,25,28)(H,26,29,31)/t15-,16+/m1/s1. The van der Waals surface area contributed by atoms with Crippen molar-refractivity contribution in [1.29, 1.82) is 0 Å². The van der Waals surface area contributed by atoms with Crippen LogP contribution in [0.4, 0.5) is 16.0 Å². The average Bonchev–Trinajstić information content (AvgIpc) is 3.41. The lowest BCUT2D eigenvalue weighted by Crippen LogP contribution is -2.15. The lowest BCUT2D eigenvalue weighted by Gasteiger charge is -2.11. The predicted octanol–water partition coefficient (Wildman–Crippen LogP) is 3.80. The highest BCUT2D eigenvalue weighted by atomic mass is 19.1. The van der Waals surface area contributed by atoms with E-state index in [-0.39, 0.29) is 29.4 Å². The normalized spacial score (nSPS) is 17.6. The van der Waals surface area contributed by atoms with Gasteiger partial charge in [-0.15, -0.1) is 0 Å². The van der Waals surface area contributed by atoms with Gasteiger partial charge in [0.15, 0.2) is 0 Å². The second-order valence-electron chi connectivity index (χ2n) is 8.00. The molecule has 1 aromatic carbocycles. The van der Waals surface area contributed by atoms with Gasteiger partial charge in [-0.3, -0.25) is 9.48 Å². The number of pyridine rings is 2. The number of hydrogen-bond donors (Lipinski definition) is 2. The van der Waals surface area contributed by atoms with Crippen molar-refractivity contribution in [2.45, 2.75) is 19.3 Å². The number of rotatable bonds is 4. The minimum atomic E-state index is -0.357. The summed E-state index contributed by atoms with van der Waals surface area (Å²) in [7, 11) is 1.86. The number of aryl methyl sites for hydroxylation is 2. The second kappa shape index (κ2) is 7.16. The van der Waals surface area contributed by atoms with Gasteiger partial charge in [-0.25, -0.2) is 14.4 Å². The molecular formula is C23H21FN6O. The SMILES string of the molecule is Cc1cccc(F)c1-c1cc2cc(NC(=O)[C@H]3C[C@@H]3c3cnn(C)c3)ncc2c(N)n1. The van der Waals surface area contributed by atoms with Crippen LogP contribution in [0.1, 0.15) is 23.5 Å². The van der Waals surface area contributed by atoms with Crippen LogP contribution >= 0.6 is 0 Å². The van der Waals surface area contributed by atoms with E-state index < -0.39 is 0 Å². The van der Waals surface area contributed by atoms with Crippen molar-refractivity contribution in [3.63, 3.8) is 0 Å². The fourth-order valence-corrected chi connectivity index (χ4v) is 4.03. The van der Waals surface area contributed by atoms with Crippen LogP contribution in [0.2, 0.25) is 0 Å². The molecule has 3 heterocycles. The van der Waals surface area contributed by atoms with Gasteiger partial charge in [-0.2, -0.15) is 5.10 Å². The van der Waals surface area contributed by atoms with Gasteiger partial charge in [0.05, 0.1) is 11.9 Å². The zero-order valence-corrected chi connectivity index (χ0v) is 17.1. The Kier molecular flexibility index (Phi) is 4.43. The molecule has 0 unspecified atom stereocenters. The van der Waals surface area contributed by atoms with Crippen LogP contribution in [0, 0.1) is 18.7 Å². The Labute approximate surface area is 178 Å². The summed E-state index contributed by atoms with van der Waals surface area (Å²) in [6.45, 7) is 1.83. The fraction of sp³-hybridized carbons (Fsp3) is 0.217. The van der Waals surface area contributed by atoms with Gasteiger partial charge in [-0.1, -0.05) is 12.1 Å². The van der Waals surface area contributed by atoms with E-state index in [9.17, 15) is 9.18 Å². The van der Waals surface area contributed by atoms with E-state index in [4.69, 9.17) is 5.73 Å². The summed E-state index contributed by atoms with van der Waals surface area (Å²) < 4.78 is 16.2. The summed E-state index contributed by atoms with van der Waals surface area (Å²) >= 11 is 0. The Morgan fingerprint density at radius 1 is 1.29 bits per heavy atom. The van der Waals surface area contributed by atoms with Gasteiger partial charge in [-0.05, 0) is 54.0 Å². The van der Waals surface area contributed by atoms with Gasteiger partial charge >= 0.3 is 0 Å². The third-order valence-corrected chi connectivity index (χ3v) is 5.75. The number of amides is 1. The number of hydrogen-bond acceptors (Lipinski definition) is 5. The molecule has 0 radical (unpaired) electrons. The molecule has 1 fully saturated rings. The number of halogens is 1. The molecule has 3 N–H and O–H groups in total. The summed E-state index contributed by atoms with van der Waals surface area (Å²) in [5.41, 5.74) is 8.81. The van der Waals surface area contributed by atoms with E-state index in [0.717, 1.165) is 22.9 Å². The van der Waals surface area contributed by atoms with Crippen molar-refractivity contribution in [1.82, 2.24) is 19.7 Å². The molecule has 1 aliphatic rings. The Hall–Kier alpha value is -3.81. The number of benzene rings is 1. The van der Waals surface area contributed by atoms with E-state index in [1.54, 1.807) is 35.3 Å². The highest BCUT2D eigenvalue weighted by molar-refractivity contribution is 5.98. The van der Waals surface area contributed by atoms with E-state index in [2.05, 4.69) is 20.4 Å². The highest BCUT2D eigenvalue weighted by Gasteiger charge is 2.44. The van der Waals surface area contributed by atoms with E-state index >= 15 is 0 Å². The molecule has 2 atom stereocenters. The molecule has 8 heteroatoms. The molecule has 0 saturated heterocycles. The van der Waals surface area contributed by atoms with Gasteiger partial charge in [0.25, 0.3) is 0 Å². The Morgan fingerprint density at radius 2 is 2.13 bits per heavy atom. The first-order valence-electron chi connectivity index (χ1n) is 10.0. The van der Waals surface area contributed by atoms with Crippen molar-refractivity contribution in [3.05, 3.63) is 65.9 Å². The van der Waals surface area contributed by atoms with E-state index in [1.807, 2.05) is 26.2 Å². The molecule has 5 rings (SSSR count). The number of fused-ring (bicyclic) bond motifs is 1. The zero-order chi connectivity index (χ0) is 21.7. The van der Waals surface area contributed by atoms with Crippen LogP contribution in [0.15, 0.2) is 48.9 Å². The molecule has 1 amide bonds. The summed E-state index contributed by atoms with van der Waals surface area (Å²) in [5, 5.41) is 8.44. The van der Waals surface area contributed by atoms with Crippen molar-refractivity contribution in [2.24, 2.45) is 13.0 Å². The van der Waals surface area contributed by atoms with E-state index in [1.165, 1.54) is 6.07 Å². The molecule has 156 valence electrons. The number of nitrogens with two attached hydrogens (primary N) is 1. The smallest absolute Gasteiger partial charge is 0.229 e. The summed E-state index contributed by atoms with van der Waals surface area (Å²) in [6.07, 6.45) is 6.11. The Balaban J connectivity index is 1.42. The molecule has 4 aromatic rings.